The van der Waals surface area contributed by atoms with Crippen LogP contribution in [0.3, 0.4) is 0 Å². The molecule has 0 aromatic rings. The second kappa shape index (κ2) is 7.38. The lowest BCUT2D eigenvalue weighted by molar-refractivity contribution is -0.135. The van der Waals surface area contributed by atoms with Gasteiger partial charge in [-0.15, -0.1) is 0 Å². The molecule has 0 spiro atoms. The van der Waals surface area contributed by atoms with Gasteiger partial charge in [0.25, 0.3) is 0 Å². The average Bonchev–Trinajstić information content (AvgIpc) is 2.56. The first-order chi connectivity index (χ1) is 10.6. The van der Waals surface area contributed by atoms with Gasteiger partial charge < -0.3 is 5.11 Å². The Morgan fingerprint density at radius 3 is 2.18 bits per heavy atom. The fourth-order valence-electron chi connectivity index (χ4n) is 3.18. The van der Waals surface area contributed by atoms with Crippen LogP contribution in [-0.2, 0) is 4.79 Å². The van der Waals surface area contributed by atoms with Crippen LogP contribution in [0.4, 0.5) is 0 Å². The van der Waals surface area contributed by atoms with E-state index in [-0.39, 0.29) is 17.6 Å². The first-order valence-electron chi connectivity index (χ1n) is 7.99. The van der Waals surface area contributed by atoms with E-state index < -0.39 is 5.60 Å². The van der Waals surface area contributed by atoms with Crippen molar-refractivity contribution < 1.29 is 9.90 Å². The Morgan fingerprint density at radius 2 is 1.64 bits per heavy atom. The lowest BCUT2D eigenvalue weighted by Crippen LogP contribution is -2.41. The van der Waals surface area contributed by atoms with Gasteiger partial charge in [0, 0.05) is 11.8 Å². The van der Waals surface area contributed by atoms with Gasteiger partial charge in [0.05, 0.1) is 12.1 Å². The van der Waals surface area contributed by atoms with E-state index >= 15 is 0 Å². The number of rotatable bonds is 3. The highest BCUT2D eigenvalue weighted by atomic mass is 16.3. The minimum atomic E-state index is -1.29. The first-order valence-corrected chi connectivity index (χ1v) is 7.99. The summed E-state index contributed by atoms with van der Waals surface area (Å²) in [7, 11) is 0. The van der Waals surface area contributed by atoms with E-state index in [0.717, 1.165) is 25.7 Å². The van der Waals surface area contributed by atoms with Crippen molar-refractivity contribution in [1.29, 1.82) is 10.5 Å². The Bertz CT molecular complexity index is 545. The smallest absolute Gasteiger partial charge is 0.187 e. The van der Waals surface area contributed by atoms with Gasteiger partial charge in [-0.05, 0) is 57.4 Å². The maximum atomic E-state index is 12.2. The number of carbonyl (C=O) groups is 1. The van der Waals surface area contributed by atoms with Crippen LogP contribution in [-0.4, -0.2) is 16.5 Å². The van der Waals surface area contributed by atoms with Gasteiger partial charge in [0.1, 0.15) is 5.60 Å². The van der Waals surface area contributed by atoms with Crippen molar-refractivity contribution >= 4 is 5.78 Å². The van der Waals surface area contributed by atoms with Gasteiger partial charge in [-0.2, -0.15) is 10.5 Å². The summed E-state index contributed by atoms with van der Waals surface area (Å²) in [5.74, 6) is -0.125. The maximum absolute atomic E-state index is 12.2. The Kier molecular flexibility index (Phi) is 5.52. The third-order valence-corrected chi connectivity index (χ3v) is 4.84. The van der Waals surface area contributed by atoms with Crippen molar-refractivity contribution in [2.24, 2.45) is 11.8 Å². The largest absolute Gasteiger partial charge is 0.382 e. The van der Waals surface area contributed by atoms with E-state index in [1.807, 2.05) is 6.08 Å². The molecule has 2 aliphatic carbocycles. The van der Waals surface area contributed by atoms with Gasteiger partial charge in [-0.3, -0.25) is 4.79 Å². The summed E-state index contributed by atoms with van der Waals surface area (Å²) >= 11 is 0. The molecule has 0 atom stereocenters. The maximum Gasteiger partial charge on any atom is 0.187 e. The number of carbonyl (C=O) groups excluding carboxylic acids is 1. The summed E-state index contributed by atoms with van der Waals surface area (Å²) in [4.78, 5) is 12.2. The molecule has 116 valence electrons. The summed E-state index contributed by atoms with van der Waals surface area (Å²) in [6, 6.07) is 4.50. The van der Waals surface area contributed by atoms with Crippen LogP contribution in [0, 0.1) is 34.5 Å². The molecule has 0 aliphatic heterocycles. The molecule has 2 rings (SSSR count). The Labute approximate surface area is 131 Å². The predicted octanol–water partition coefficient (Wildman–Crippen LogP) is 3.20. The molecule has 0 aromatic carbocycles. The lowest BCUT2D eigenvalue weighted by atomic mass is 9.77. The summed E-state index contributed by atoms with van der Waals surface area (Å²) in [6.45, 7) is 0. The van der Waals surface area contributed by atoms with Gasteiger partial charge in [-0.1, -0.05) is 17.7 Å². The zero-order chi connectivity index (χ0) is 16.0. The summed E-state index contributed by atoms with van der Waals surface area (Å²) in [6.07, 6.45) is 10.6. The highest BCUT2D eigenvalue weighted by Gasteiger charge is 2.38. The molecule has 0 unspecified atom stereocenters. The average molecular weight is 298 g/mol. The molecule has 0 radical (unpaired) electrons. The SMILES string of the molecule is N#CC1CCC(=C/C=C\C(=O)C2(O)CCC(C#N)CC2)CC1. The topological polar surface area (TPSA) is 84.9 Å². The molecule has 4 nitrogen and oxygen atoms in total. The second-order valence-corrected chi connectivity index (χ2v) is 6.39. The highest BCUT2D eigenvalue weighted by molar-refractivity contribution is 5.97. The summed E-state index contributed by atoms with van der Waals surface area (Å²) < 4.78 is 0. The summed E-state index contributed by atoms with van der Waals surface area (Å²) in [5, 5.41) is 28.1. The first kappa shape index (κ1) is 16.5. The number of hydrogen-bond donors (Lipinski definition) is 1. The number of hydrogen-bond acceptors (Lipinski definition) is 4. The predicted molar refractivity (Wildman–Crippen MR) is 82.3 cm³/mol. The Morgan fingerprint density at radius 1 is 1.09 bits per heavy atom. The third kappa shape index (κ3) is 4.06. The summed E-state index contributed by atoms with van der Waals surface area (Å²) in [5.41, 5.74) is -0.0309. The number of ketones is 1. The molecule has 0 aromatic heterocycles. The van der Waals surface area contributed by atoms with Crippen LogP contribution in [0.25, 0.3) is 0 Å². The zero-order valence-corrected chi connectivity index (χ0v) is 12.8. The van der Waals surface area contributed by atoms with Crippen molar-refractivity contribution in [3.63, 3.8) is 0 Å². The fourth-order valence-corrected chi connectivity index (χ4v) is 3.18. The quantitative estimate of drug-likeness (QED) is 0.811. The number of allylic oxidation sites excluding steroid dienone is 3. The standard InChI is InChI=1S/C18H22N2O2/c19-12-15-6-4-14(5-7-15)2-1-3-17(21)18(22)10-8-16(13-20)9-11-18/h1-3,15-16,22H,4-11H2/b3-1-,14-2?. The van der Waals surface area contributed by atoms with E-state index in [0.29, 0.717) is 25.7 Å². The molecule has 2 fully saturated rings. The van der Waals surface area contributed by atoms with Crippen molar-refractivity contribution in [1.82, 2.24) is 0 Å². The van der Waals surface area contributed by atoms with Crippen LogP contribution in [0.5, 0.6) is 0 Å². The van der Waals surface area contributed by atoms with Crippen LogP contribution in [0.1, 0.15) is 51.4 Å². The minimum absolute atomic E-state index is 0.0329. The molecule has 22 heavy (non-hydrogen) atoms. The van der Waals surface area contributed by atoms with E-state index in [2.05, 4.69) is 12.1 Å². The van der Waals surface area contributed by atoms with Crippen LogP contribution >= 0.6 is 0 Å². The van der Waals surface area contributed by atoms with E-state index in [9.17, 15) is 9.90 Å². The Balaban J connectivity index is 1.87. The molecule has 2 saturated carbocycles. The zero-order valence-electron chi connectivity index (χ0n) is 12.8. The van der Waals surface area contributed by atoms with Gasteiger partial charge in [0.2, 0.25) is 0 Å². The van der Waals surface area contributed by atoms with Gasteiger partial charge in [-0.25, -0.2) is 0 Å². The van der Waals surface area contributed by atoms with Crippen molar-refractivity contribution in [3.05, 3.63) is 23.8 Å². The van der Waals surface area contributed by atoms with Crippen LogP contribution in [0.2, 0.25) is 0 Å². The number of aliphatic hydroxyl groups is 1. The minimum Gasteiger partial charge on any atom is -0.382 e. The van der Waals surface area contributed by atoms with E-state index in [1.165, 1.54) is 11.6 Å². The highest BCUT2D eigenvalue weighted by Crippen LogP contribution is 2.33. The fraction of sp³-hybridized carbons (Fsp3) is 0.611. The van der Waals surface area contributed by atoms with Gasteiger partial charge in [0.15, 0.2) is 5.78 Å². The second-order valence-electron chi connectivity index (χ2n) is 6.39. The van der Waals surface area contributed by atoms with Crippen molar-refractivity contribution in [2.45, 2.75) is 57.0 Å². The van der Waals surface area contributed by atoms with Crippen LogP contribution in [0.15, 0.2) is 23.8 Å². The number of nitrogens with zero attached hydrogens (tertiary/aromatic N) is 2. The molecular formula is C18H22N2O2. The van der Waals surface area contributed by atoms with Crippen molar-refractivity contribution in [2.75, 3.05) is 0 Å². The molecular weight excluding hydrogens is 276 g/mol. The van der Waals surface area contributed by atoms with E-state index in [1.54, 1.807) is 6.08 Å². The van der Waals surface area contributed by atoms with E-state index in [4.69, 9.17) is 10.5 Å². The monoisotopic (exact) mass is 298 g/mol. The normalized spacial score (nSPS) is 32.2. The molecule has 0 amide bonds. The molecule has 0 saturated heterocycles. The lowest BCUT2D eigenvalue weighted by Gasteiger charge is -2.31. The molecule has 4 heteroatoms. The molecule has 0 bridgehead atoms. The molecule has 0 heterocycles. The van der Waals surface area contributed by atoms with Gasteiger partial charge >= 0.3 is 0 Å². The molecule has 1 N–H and O–H groups in total. The van der Waals surface area contributed by atoms with Crippen molar-refractivity contribution in [3.8, 4) is 12.1 Å². The number of nitriles is 2. The third-order valence-electron chi connectivity index (χ3n) is 4.84. The van der Waals surface area contributed by atoms with Crippen LogP contribution < -0.4 is 0 Å². The molecule has 2 aliphatic rings. The Hall–Kier alpha value is -1.91.